The van der Waals surface area contributed by atoms with Crippen LogP contribution in [0.1, 0.15) is 29.0 Å². The Morgan fingerprint density at radius 2 is 1.72 bits per heavy atom. The number of hydrogen-bond acceptors (Lipinski definition) is 3. The van der Waals surface area contributed by atoms with Gasteiger partial charge in [-0.15, -0.1) is 0 Å². The highest BCUT2D eigenvalue weighted by Crippen LogP contribution is 2.19. The number of aromatic nitrogens is 1. The minimum atomic E-state index is -0.350. The number of halogens is 1. The Hall–Kier alpha value is -3.21. The lowest BCUT2D eigenvalue weighted by molar-refractivity contribution is 0.102. The van der Waals surface area contributed by atoms with E-state index in [9.17, 15) is 9.18 Å². The van der Waals surface area contributed by atoms with Gasteiger partial charge in [0, 0.05) is 23.6 Å². The fraction of sp³-hybridized carbons (Fsp3) is 0.100. The van der Waals surface area contributed by atoms with E-state index in [1.807, 2.05) is 43.3 Å². The van der Waals surface area contributed by atoms with Crippen molar-refractivity contribution in [2.75, 3.05) is 10.6 Å². The SMILES string of the molecule is CC(Nc1ccnc(C(=O)Nc2ccc(F)cc2)c1)c1ccccc1. The predicted octanol–water partition coefficient (Wildman–Crippen LogP) is 4.65. The van der Waals surface area contributed by atoms with Crippen LogP contribution in [0.5, 0.6) is 0 Å². The van der Waals surface area contributed by atoms with E-state index in [0.29, 0.717) is 5.69 Å². The molecule has 0 saturated heterocycles. The number of amides is 1. The summed E-state index contributed by atoms with van der Waals surface area (Å²) in [5.41, 5.74) is 2.76. The summed E-state index contributed by atoms with van der Waals surface area (Å²) in [5.74, 6) is -0.695. The van der Waals surface area contributed by atoms with Crippen LogP contribution in [0.15, 0.2) is 72.9 Å². The highest BCUT2D eigenvalue weighted by Gasteiger charge is 2.10. The van der Waals surface area contributed by atoms with Gasteiger partial charge in [0.1, 0.15) is 11.5 Å². The van der Waals surface area contributed by atoms with Crippen molar-refractivity contribution in [3.8, 4) is 0 Å². The lowest BCUT2D eigenvalue weighted by Gasteiger charge is -2.16. The third-order valence-electron chi connectivity index (χ3n) is 3.78. The molecular formula is C20H18FN3O. The van der Waals surface area contributed by atoms with Crippen molar-refractivity contribution in [3.05, 3.63) is 90.0 Å². The van der Waals surface area contributed by atoms with Crippen LogP contribution in [0.4, 0.5) is 15.8 Å². The zero-order valence-corrected chi connectivity index (χ0v) is 13.7. The Morgan fingerprint density at radius 1 is 1.00 bits per heavy atom. The van der Waals surface area contributed by atoms with Crippen LogP contribution in [0, 0.1) is 5.82 Å². The summed E-state index contributed by atoms with van der Waals surface area (Å²) < 4.78 is 12.9. The number of nitrogens with zero attached hydrogens (tertiary/aromatic N) is 1. The lowest BCUT2D eigenvalue weighted by atomic mass is 10.1. The number of hydrogen-bond donors (Lipinski definition) is 2. The molecule has 5 heteroatoms. The van der Waals surface area contributed by atoms with E-state index in [4.69, 9.17) is 0 Å². The third-order valence-corrected chi connectivity index (χ3v) is 3.78. The van der Waals surface area contributed by atoms with Crippen molar-refractivity contribution in [2.24, 2.45) is 0 Å². The molecular weight excluding hydrogens is 317 g/mol. The number of carbonyl (C=O) groups is 1. The minimum absolute atomic E-state index is 0.0941. The van der Waals surface area contributed by atoms with Gasteiger partial charge in [0.05, 0.1) is 0 Å². The van der Waals surface area contributed by atoms with E-state index in [1.165, 1.54) is 24.3 Å². The molecule has 4 nitrogen and oxygen atoms in total. The van der Waals surface area contributed by atoms with E-state index in [2.05, 4.69) is 15.6 Å². The van der Waals surface area contributed by atoms with E-state index < -0.39 is 0 Å². The maximum absolute atomic E-state index is 12.9. The molecule has 0 spiro atoms. The summed E-state index contributed by atoms with van der Waals surface area (Å²) in [6.45, 7) is 2.05. The fourth-order valence-electron chi connectivity index (χ4n) is 2.45. The molecule has 1 atom stereocenters. The van der Waals surface area contributed by atoms with Crippen LogP contribution < -0.4 is 10.6 Å². The van der Waals surface area contributed by atoms with Crippen LogP contribution >= 0.6 is 0 Å². The molecule has 1 heterocycles. The van der Waals surface area contributed by atoms with Crippen molar-refractivity contribution in [2.45, 2.75) is 13.0 Å². The van der Waals surface area contributed by atoms with Crippen molar-refractivity contribution < 1.29 is 9.18 Å². The number of carbonyl (C=O) groups excluding carboxylic acids is 1. The first kappa shape index (κ1) is 16.6. The molecule has 0 aliphatic rings. The molecule has 25 heavy (non-hydrogen) atoms. The summed E-state index contributed by atoms with van der Waals surface area (Å²) in [6, 6.07) is 19.2. The molecule has 2 N–H and O–H groups in total. The number of nitrogens with one attached hydrogen (secondary N) is 2. The zero-order valence-electron chi connectivity index (χ0n) is 13.7. The van der Waals surface area contributed by atoms with Gasteiger partial charge in [-0.05, 0) is 48.9 Å². The summed E-state index contributed by atoms with van der Waals surface area (Å²) in [7, 11) is 0. The largest absolute Gasteiger partial charge is 0.378 e. The molecule has 1 aromatic heterocycles. The van der Waals surface area contributed by atoms with Crippen molar-refractivity contribution in [3.63, 3.8) is 0 Å². The Morgan fingerprint density at radius 3 is 2.44 bits per heavy atom. The Kier molecular flexibility index (Phi) is 5.04. The maximum Gasteiger partial charge on any atom is 0.274 e. The highest BCUT2D eigenvalue weighted by atomic mass is 19.1. The smallest absolute Gasteiger partial charge is 0.274 e. The van der Waals surface area contributed by atoms with Gasteiger partial charge in [-0.1, -0.05) is 30.3 Å². The van der Waals surface area contributed by atoms with Crippen molar-refractivity contribution >= 4 is 17.3 Å². The molecule has 0 radical (unpaired) electrons. The van der Waals surface area contributed by atoms with Crippen LogP contribution in [0.3, 0.4) is 0 Å². The average Bonchev–Trinajstić information content (AvgIpc) is 2.64. The third kappa shape index (κ3) is 4.41. The monoisotopic (exact) mass is 335 g/mol. The minimum Gasteiger partial charge on any atom is -0.378 e. The second-order valence-corrected chi connectivity index (χ2v) is 5.67. The second kappa shape index (κ2) is 7.57. The number of rotatable bonds is 5. The summed E-state index contributed by atoms with van der Waals surface area (Å²) in [4.78, 5) is 16.4. The molecule has 0 aliphatic heterocycles. The standard InChI is InChI=1S/C20H18FN3O/c1-14(15-5-3-2-4-6-15)23-18-11-12-22-19(13-18)20(25)24-17-9-7-16(21)8-10-17/h2-14H,1H3,(H,22,23)(H,24,25). The van der Waals surface area contributed by atoms with Gasteiger partial charge in [0.2, 0.25) is 0 Å². The first-order chi connectivity index (χ1) is 12.1. The van der Waals surface area contributed by atoms with Gasteiger partial charge in [0.15, 0.2) is 0 Å². The average molecular weight is 335 g/mol. The normalized spacial score (nSPS) is 11.6. The van der Waals surface area contributed by atoms with E-state index >= 15 is 0 Å². The molecule has 0 bridgehead atoms. The van der Waals surface area contributed by atoms with Crippen molar-refractivity contribution in [1.29, 1.82) is 0 Å². The van der Waals surface area contributed by atoms with Crippen molar-refractivity contribution in [1.82, 2.24) is 4.98 Å². The molecule has 1 amide bonds. The van der Waals surface area contributed by atoms with Crippen LogP contribution in [-0.4, -0.2) is 10.9 Å². The van der Waals surface area contributed by atoms with Crippen LogP contribution in [0.2, 0.25) is 0 Å². The Labute approximate surface area is 145 Å². The molecule has 2 aromatic carbocycles. The van der Waals surface area contributed by atoms with E-state index in [-0.39, 0.29) is 23.5 Å². The first-order valence-electron chi connectivity index (χ1n) is 7.96. The van der Waals surface area contributed by atoms with Gasteiger partial charge in [-0.3, -0.25) is 9.78 Å². The topological polar surface area (TPSA) is 54.0 Å². The highest BCUT2D eigenvalue weighted by molar-refractivity contribution is 6.03. The number of pyridine rings is 1. The van der Waals surface area contributed by atoms with Gasteiger partial charge < -0.3 is 10.6 Å². The zero-order chi connectivity index (χ0) is 17.6. The summed E-state index contributed by atoms with van der Waals surface area (Å²) in [5, 5.41) is 6.06. The summed E-state index contributed by atoms with van der Waals surface area (Å²) >= 11 is 0. The van der Waals surface area contributed by atoms with Gasteiger partial charge in [-0.2, -0.15) is 0 Å². The fourth-order valence-corrected chi connectivity index (χ4v) is 2.45. The maximum atomic E-state index is 12.9. The number of benzene rings is 2. The van der Waals surface area contributed by atoms with Crippen LogP contribution in [0.25, 0.3) is 0 Å². The second-order valence-electron chi connectivity index (χ2n) is 5.67. The Bertz CT molecular complexity index is 850. The molecule has 1 unspecified atom stereocenters. The summed E-state index contributed by atoms with van der Waals surface area (Å²) in [6.07, 6.45) is 1.58. The molecule has 0 saturated carbocycles. The molecule has 0 fully saturated rings. The quantitative estimate of drug-likeness (QED) is 0.714. The first-order valence-corrected chi connectivity index (χ1v) is 7.96. The van der Waals surface area contributed by atoms with Crippen LogP contribution in [-0.2, 0) is 0 Å². The van der Waals surface area contributed by atoms with Gasteiger partial charge in [-0.25, -0.2) is 4.39 Å². The Balaban J connectivity index is 1.70. The van der Waals surface area contributed by atoms with E-state index in [0.717, 1.165) is 11.3 Å². The molecule has 0 aliphatic carbocycles. The molecule has 126 valence electrons. The number of anilines is 2. The van der Waals surface area contributed by atoms with Gasteiger partial charge in [0.25, 0.3) is 5.91 Å². The van der Waals surface area contributed by atoms with E-state index in [1.54, 1.807) is 12.3 Å². The predicted molar refractivity (Wildman–Crippen MR) is 97.1 cm³/mol. The van der Waals surface area contributed by atoms with Gasteiger partial charge >= 0.3 is 0 Å². The molecule has 3 aromatic rings. The molecule has 3 rings (SSSR count). The lowest BCUT2D eigenvalue weighted by Crippen LogP contribution is -2.14.